The van der Waals surface area contributed by atoms with E-state index in [2.05, 4.69) is 10.1 Å². The van der Waals surface area contributed by atoms with E-state index in [1.807, 2.05) is 35.2 Å². The highest BCUT2D eigenvalue weighted by Crippen LogP contribution is 2.31. The second-order valence-corrected chi connectivity index (χ2v) is 6.98. The average Bonchev–Trinajstić information content (AvgIpc) is 3.04. The number of piperidine rings is 1. The molecule has 7 nitrogen and oxygen atoms in total. The third-order valence-corrected chi connectivity index (χ3v) is 4.86. The van der Waals surface area contributed by atoms with Crippen molar-refractivity contribution in [3.8, 4) is 0 Å². The van der Waals surface area contributed by atoms with Crippen molar-refractivity contribution in [3.63, 3.8) is 0 Å². The van der Waals surface area contributed by atoms with Gasteiger partial charge in [-0.1, -0.05) is 23.4 Å². The van der Waals surface area contributed by atoms with Gasteiger partial charge in [-0.05, 0) is 31.9 Å². The molecule has 0 saturated carbocycles. The van der Waals surface area contributed by atoms with Gasteiger partial charge in [0.15, 0.2) is 5.82 Å². The van der Waals surface area contributed by atoms with Crippen LogP contribution in [0.4, 0.5) is 5.82 Å². The number of hydrogen-bond donors (Lipinski definition) is 2. The Balaban J connectivity index is 1.64. The zero-order chi connectivity index (χ0) is 18.1. The third kappa shape index (κ3) is 3.27. The maximum atomic E-state index is 11.1. The second kappa shape index (κ2) is 6.66. The first-order valence-corrected chi connectivity index (χ1v) is 8.82. The van der Waals surface area contributed by atoms with Crippen molar-refractivity contribution in [2.45, 2.75) is 38.4 Å². The summed E-state index contributed by atoms with van der Waals surface area (Å²) in [4.78, 5) is 11.0. The van der Waals surface area contributed by atoms with Gasteiger partial charge in [0.2, 0.25) is 5.89 Å². The van der Waals surface area contributed by atoms with Crippen LogP contribution in [0.1, 0.15) is 30.1 Å². The molecule has 2 N–H and O–H groups in total. The Hall–Kier alpha value is -2.51. The summed E-state index contributed by atoms with van der Waals surface area (Å²) in [6.07, 6.45) is 1.79. The number of aromatic nitrogens is 3. The molecule has 1 fully saturated rings. The molecule has 3 aromatic rings. The first kappa shape index (κ1) is 16.9. The van der Waals surface area contributed by atoms with Crippen molar-refractivity contribution in [1.82, 2.24) is 15.1 Å². The van der Waals surface area contributed by atoms with E-state index in [1.165, 1.54) is 0 Å². The molecule has 4 rings (SSSR count). The van der Waals surface area contributed by atoms with Crippen molar-refractivity contribution in [2.75, 3.05) is 18.0 Å². The number of aliphatic hydroxyl groups excluding tert-OH is 1. The lowest BCUT2D eigenvalue weighted by molar-refractivity contribution is 0.0191. The minimum absolute atomic E-state index is 0.0923. The molecule has 0 radical (unpaired) electrons. The minimum atomic E-state index is -0.961. The van der Waals surface area contributed by atoms with Gasteiger partial charge in [0.25, 0.3) is 0 Å². The number of anilines is 1. The van der Waals surface area contributed by atoms with Gasteiger partial charge in [-0.2, -0.15) is 4.98 Å². The van der Waals surface area contributed by atoms with Gasteiger partial charge in [0, 0.05) is 24.0 Å². The third-order valence-electron chi connectivity index (χ3n) is 4.86. The fourth-order valence-electron chi connectivity index (χ4n) is 3.67. The zero-order valence-corrected chi connectivity index (χ0v) is 14.7. The summed E-state index contributed by atoms with van der Waals surface area (Å²) in [5, 5.41) is 25.7. The van der Waals surface area contributed by atoms with E-state index in [0.29, 0.717) is 31.1 Å². The number of aryl methyl sites for hydroxylation is 1. The molecule has 1 atom stereocenters. The van der Waals surface area contributed by atoms with Crippen LogP contribution in [0, 0.1) is 6.92 Å². The molecule has 1 saturated heterocycles. The number of fused-ring (bicyclic) bond motifs is 1. The first-order chi connectivity index (χ1) is 12.6. The van der Waals surface area contributed by atoms with Crippen LogP contribution in [0.15, 0.2) is 34.9 Å². The highest BCUT2D eigenvalue weighted by molar-refractivity contribution is 5.81. The maximum Gasteiger partial charge on any atom is 0.229 e. The molecule has 2 aromatic heterocycles. The summed E-state index contributed by atoms with van der Waals surface area (Å²) >= 11 is 0. The van der Waals surface area contributed by atoms with Crippen LogP contribution in [-0.2, 0) is 13.0 Å². The second-order valence-electron chi connectivity index (χ2n) is 6.98. The molecule has 136 valence electrons. The van der Waals surface area contributed by atoms with Crippen LogP contribution in [0.5, 0.6) is 0 Å². The fourth-order valence-corrected chi connectivity index (χ4v) is 3.67. The predicted molar refractivity (Wildman–Crippen MR) is 96.8 cm³/mol. The van der Waals surface area contributed by atoms with Gasteiger partial charge in [-0.25, -0.2) is 4.98 Å². The van der Waals surface area contributed by atoms with Gasteiger partial charge in [0.1, 0.15) is 5.82 Å². The number of aliphatic hydroxyl groups is 2. The molecule has 7 heteroatoms. The van der Waals surface area contributed by atoms with Gasteiger partial charge < -0.3 is 19.6 Å². The Kier molecular flexibility index (Phi) is 4.34. The summed E-state index contributed by atoms with van der Waals surface area (Å²) in [6, 6.07) is 9.80. The topological polar surface area (TPSA) is 95.5 Å². The lowest BCUT2D eigenvalue weighted by Crippen LogP contribution is -2.50. The molecule has 0 bridgehead atoms. The van der Waals surface area contributed by atoms with Crippen LogP contribution in [0.3, 0.4) is 0 Å². The molecule has 1 unspecified atom stereocenters. The lowest BCUT2D eigenvalue weighted by atomic mass is 9.89. The number of benzene rings is 1. The SMILES string of the molecule is Cc1noc(CC2(O)CCCN(c3nc4ccccc4cc3CO)C2)n1. The Morgan fingerprint density at radius 3 is 2.88 bits per heavy atom. The average molecular weight is 354 g/mol. The Morgan fingerprint density at radius 1 is 1.27 bits per heavy atom. The Morgan fingerprint density at radius 2 is 2.12 bits per heavy atom. The Bertz CT molecular complexity index is 926. The summed E-state index contributed by atoms with van der Waals surface area (Å²) in [5.74, 6) is 1.74. The van der Waals surface area contributed by atoms with E-state index in [9.17, 15) is 10.2 Å². The summed E-state index contributed by atoms with van der Waals surface area (Å²) < 4.78 is 5.18. The fraction of sp³-hybridized carbons (Fsp3) is 0.421. The van der Waals surface area contributed by atoms with Crippen molar-refractivity contribution in [2.24, 2.45) is 0 Å². The molecule has 1 aliphatic rings. The minimum Gasteiger partial charge on any atom is -0.392 e. The molecule has 0 amide bonds. The molecular weight excluding hydrogens is 332 g/mol. The molecule has 1 aromatic carbocycles. The number of β-amino-alcohol motifs (C(OH)–C–C–N with tert-alkyl or cyclic N) is 1. The molecule has 1 aliphatic heterocycles. The largest absolute Gasteiger partial charge is 0.392 e. The summed E-state index contributed by atoms with van der Waals surface area (Å²) in [5.41, 5.74) is 0.681. The normalized spacial score (nSPS) is 20.7. The number of para-hydroxylation sites is 1. The molecule has 26 heavy (non-hydrogen) atoms. The van der Waals surface area contributed by atoms with Crippen LogP contribution >= 0.6 is 0 Å². The summed E-state index contributed by atoms with van der Waals surface area (Å²) in [7, 11) is 0. The van der Waals surface area contributed by atoms with Crippen LogP contribution < -0.4 is 4.90 Å². The van der Waals surface area contributed by atoms with Crippen molar-refractivity contribution >= 4 is 16.7 Å². The number of rotatable bonds is 4. The number of nitrogens with zero attached hydrogens (tertiary/aromatic N) is 4. The molecule has 0 spiro atoms. The highest BCUT2D eigenvalue weighted by atomic mass is 16.5. The van der Waals surface area contributed by atoms with Crippen molar-refractivity contribution < 1.29 is 14.7 Å². The molecule has 0 aliphatic carbocycles. The van der Waals surface area contributed by atoms with Crippen molar-refractivity contribution in [1.29, 1.82) is 0 Å². The van der Waals surface area contributed by atoms with Gasteiger partial charge in [-0.3, -0.25) is 0 Å². The molecular formula is C19H22N4O3. The standard InChI is InChI=1S/C19H22N4O3/c1-13-20-17(26-22-13)10-19(25)7-4-8-23(12-19)18-15(11-24)9-14-5-2-3-6-16(14)21-18/h2-3,5-6,9,24-25H,4,7-8,10-12H2,1H3. The quantitative estimate of drug-likeness (QED) is 0.740. The number of pyridine rings is 1. The van der Waals surface area contributed by atoms with Crippen LogP contribution in [0.25, 0.3) is 10.9 Å². The lowest BCUT2D eigenvalue weighted by Gasteiger charge is -2.39. The van der Waals surface area contributed by atoms with Crippen LogP contribution in [-0.4, -0.2) is 44.0 Å². The molecule has 3 heterocycles. The van der Waals surface area contributed by atoms with Gasteiger partial charge >= 0.3 is 0 Å². The maximum absolute atomic E-state index is 11.1. The zero-order valence-electron chi connectivity index (χ0n) is 14.7. The van der Waals surface area contributed by atoms with E-state index in [4.69, 9.17) is 9.51 Å². The predicted octanol–water partition coefficient (Wildman–Crippen LogP) is 1.99. The van der Waals surface area contributed by atoms with Gasteiger partial charge in [0.05, 0.1) is 24.1 Å². The smallest absolute Gasteiger partial charge is 0.229 e. The highest BCUT2D eigenvalue weighted by Gasteiger charge is 2.36. The van der Waals surface area contributed by atoms with Crippen LogP contribution in [0.2, 0.25) is 0 Å². The van der Waals surface area contributed by atoms with E-state index in [1.54, 1.807) is 6.92 Å². The number of hydrogen-bond acceptors (Lipinski definition) is 7. The first-order valence-electron chi connectivity index (χ1n) is 8.82. The van der Waals surface area contributed by atoms with Crippen molar-refractivity contribution in [3.05, 3.63) is 47.6 Å². The van der Waals surface area contributed by atoms with E-state index in [-0.39, 0.29) is 6.61 Å². The van der Waals surface area contributed by atoms with E-state index >= 15 is 0 Å². The van der Waals surface area contributed by atoms with E-state index < -0.39 is 5.60 Å². The Labute approximate surface area is 151 Å². The monoisotopic (exact) mass is 354 g/mol. The van der Waals surface area contributed by atoms with E-state index in [0.717, 1.165) is 35.2 Å². The summed E-state index contributed by atoms with van der Waals surface area (Å²) in [6.45, 7) is 2.86. The van der Waals surface area contributed by atoms with Gasteiger partial charge in [-0.15, -0.1) is 0 Å².